The zero-order valence-electron chi connectivity index (χ0n) is 76.3. The Morgan fingerprint density at radius 2 is 0.544 bits per heavy atom. The highest BCUT2D eigenvalue weighted by molar-refractivity contribution is 9.10. The average Bonchev–Trinajstić information content (AvgIpc) is 0.873. The third-order valence-corrected chi connectivity index (χ3v) is 17.3. The minimum absolute atomic E-state index is 0.0972. The molecule has 0 bridgehead atoms. The topological polar surface area (TPSA) is 317 Å². The number of halogens is 4. The van der Waals surface area contributed by atoms with Crippen LogP contribution in [0.3, 0.4) is 0 Å². The molecule has 696 valence electrons. The molecule has 0 radical (unpaired) electrons. The van der Waals surface area contributed by atoms with E-state index in [1.165, 1.54) is 40.2 Å². The van der Waals surface area contributed by atoms with Gasteiger partial charge in [0.2, 0.25) is 0 Å². The highest BCUT2D eigenvalue weighted by atomic mass is 79.9. The normalized spacial score (nSPS) is 9.97. The number of hydrogen-bond acceptors (Lipinski definition) is 16. The lowest BCUT2D eigenvalue weighted by Crippen LogP contribution is -2.42. The lowest BCUT2D eigenvalue weighted by atomic mass is 9.90. The Kier molecular flexibility index (Phi) is 104. The number of carboxylic acid groups (broad SMARTS) is 3. The number of aliphatic hydroxyl groups excluding tert-OH is 1. The van der Waals surface area contributed by atoms with E-state index in [2.05, 4.69) is 170 Å². The molecule has 10 aromatic carbocycles. The molecule has 10 aromatic rings. The van der Waals surface area contributed by atoms with Crippen LogP contribution in [0.15, 0.2) is 302 Å². The molecule has 0 amide bonds. The molecule has 0 aliphatic carbocycles. The molecule has 125 heavy (non-hydrogen) atoms. The van der Waals surface area contributed by atoms with Crippen molar-refractivity contribution < 1.29 is 94.7 Å². The van der Waals surface area contributed by atoms with E-state index in [0.717, 1.165) is 91.0 Å². The molecule has 10 N–H and O–H groups in total. The summed E-state index contributed by atoms with van der Waals surface area (Å²) in [5, 5.41) is 82.1. The van der Waals surface area contributed by atoms with Crippen LogP contribution in [0.4, 0.5) is 0 Å². The fourth-order valence-corrected chi connectivity index (χ4v) is 10.2. The van der Waals surface area contributed by atoms with Gasteiger partial charge in [0.25, 0.3) is 0 Å². The Bertz CT molecular complexity index is 3560. The Hall–Kier alpha value is -7.66. The molecule has 1 saturated heterocycles. The summed E-state index contributed by atoms with van der Waals surface area (Å²) in [5.41, 5.74) is 11.1. The van der Waals surface area contributed by atoms with Crippen molar-refractivity contribution in [3.63, 3.8) is 0 Å². The van der Waals surface area contributed by atoms with Crippen LogP contribution in [0.1, 0.15) is 143 Å². The predicted octanol–water partition coefficient (Wildman–Crippen LogP) is 25.4. The first kappa shape index (κ1) is 130. The van der Waals surface area contributed by atoms with E-state index in [0.29, 0.717) is 45.7 Å². The third-order valence-electron chi connectivity index (χ3n) is 15.2. The van der Waals surface area contributed by atoms with Crippen molar-refractivity contribution in [2.45, 2.75) is 159 Å². The highest BCUT2D eigenvalue weighted by Gasteiger charge is 2.32. The molecular weight excluding hydrogens is 1870 g/mol. The minimum Gasteiger partial charge on any atom is -0.481 e. The van der Waals surface area contributed by atoms with Gasteiger partial charge in [-0.25, -0.2) is 19.6 Å². The maximum Gasteiger partial charge on any atom is 0.448 e. The van der Waals surface area contributed by atoms with Gasteiger partial charge in [0.1, 0.15) is 7.14 Å². The van der Waals surface area contributed by atoms with Gasteiger partial charge in [-0.3, -0.25) is 35.4 Å². The van der Waals surface area contributed by atoms with Crippen LogP contribution in [-0.2, 0) is 88.2 Å². The summed E-state index contributed by atoms with van der Waals surface area (Å²) in [4.78, 5) is 46.4. The van der Waals surface area contributed by atoms with E-state index in [9.17, 15) is 18.9 Å². The summed E-state index contributed by atoms with van der Waals surface area (Å²) < 4.78 is 17.3. The van der Waals surface area contributed by atoms with Crippen molar-refractivity contribution in [2.75, 3.05) is 77.1 Å². The number of hydrogen-bond donors (Lipinski definition) is 10. The first-order valence-electron chi connectivity index (χ1n) is 41.4. The zero-order valence-corrected chi connectivity index (χ0v) is 83.6. The molecule has 0 unspecified atom stereocenters. The van der Waals surface area contributed by atoms with Crippen molar-refractivity contribution >= 4 is 101 Å². The molecule has 0 spiro atoms. The average molecular weight is 2010 g/mol. The summed E-state index contributed by atoms with van der Waals surface area (Å²) >= 11 is 12.1. The Morgan fingerprint density at radius 3 is 0.680 bits per heavy atom. The maximum absolute atomic E-state index is 11.4. The third kappa shape index (κ3) is 95.3. The number of aliphatic carboxylic acids is 3. The van der Waals surface area contributed by atoms with Gasteiger partial charge in [-0.2, -0.15) is 0 Å². The summed E-state index contributed by atoms with van der Waals surface area (Å²) in [5.74, 6) is 3.20. The number of ether oxygens (including phenoxy) is 1. The number of aliphatic hydroxyl groups is 1. The monoisotopic (exact) mass is 2010 g/mol. The van der Waals surface area contributed by atoms with Gasteiger partial charge in [-0.1, -0.05) is 408 Å². The molecule has 1 heterocycles. The molecule has 19 nitrogen and oxygen atoms in total. The summed E-state index contributed by atoms with van der Waals surface area (Å²) in [6.07, 6.45) is 9.75. The van der Waals surface area contributed by atoms with Crippen molar-refractivity contribution in [3.05, 3.63) is 352 Å². The van der Waals surface area contributed by atoms with Crippen LogP contribution in [0.25, 0.3) is 0 Å². The number of benzene rings is 10. The van der Waals surface area contributed by atoms with Crippen molar-refractivity contribution in [3.8, 4) is 0 Å². The standard InChI is InChI=1S/C9H9BrO2.4C9H12O2.2C9H10O2.C8H11OP.2C7H8.C5H10O2.3C2H6.CH5BO2.3CH3Br/c10-8-4-1-7(2-5-8)3-6-9(11)12;4*10-11-8-4-7-9-5-2-1-3-6-9;2*10-9(11)7-6-8-4-2-1-3-5-8;1-10(2,9)8-6-4-3-5-7-8;2*1-7-5-3-2-4-6-7;1-5(2-6)3-7-4-5;3*1-2;1-2(3)4;3*1-2/h1-2,4-5H,3,6H2,(H,11,12);4*1-3,5-6,10H,4,7-8H2;2*1-5H,6-7H2,(H,10,11);3-7H,1-2H3;2*2-6H,1H3;6H,2-4H2,1H3;3*1-2H3;3-4H,1H3;3*1H3. The van der Waals surface area contributed by atoms with Crippen LogP contribution in [0, 0.1) is 19.3 Å². The van der Waals surface area contributed by atoms with E-state index in [1.54, 1.807) is 13.3 Å². The quantitative estimate of drug-likeness (QED) is 0.00571. The van der Waals surface area contributed by atoms with Crippen LogP contribution in [-0.4, -0.2) is 154 Å². The number of rotatable bonds is 27. The highest BCUT2D eigenvalue weighted by Crippen LogP contribution is 2.34. The van der Waals surface area contributed by atoms with Gasteiger partial charge in [-0.15, -0.1) is 0 Å². The molecule has 0 atom stereocenters. The Balaban J connectivity index is -0.000000242. The van der Waals surface area contributed by atoms with Gasteiger partial charge >= 0.3 is 25.0 Å². The van der Waals surface area contributed by atoms with Crippen molar-refractivity contribution in [1.82, 2.24) is 0 Å². The van der Waals surface area contributed by atoms with Crippen LogP contribution in [0.2, 0.25) is 6.82 Å². The summed E-state index contributed by atoms with van der Waals surface area (Å²) in [6.45, 7) is 26.4. The molecule has 25 heteroatoms. The number of alkyl halides is 3. The van der Waals surface area contributed by atoms with Gasteiger partial charge in [0, 0.05) is 34.5 Å². The summed E-state index contributed by atoms with van der Waals surface area (Å²) in [7, 11) is -3.18. The SMILES string of the molecule is CB(O)O.CBr.CBr.CBr.CC.CC.CC.CC1(CO)COC1.CP(C)(=O)c1ccccc1.Cc1ccccc1.Cc1ccccc1.O=C(O)CCc1ccc(Br)cc1.O=C(O)CCc1ccccc1.O=C(O)CCc1ccccc1.OOCCCc1ccccc1.OOCCCc1ccccc1.OOCCCc1ccccc1.OOCCCc1ccccc1. The molecule has 1 fully saturated rings. The van der Waals surface area contributed by atoms with Crippen LogP contribution < -0.4 is 5.30 Å². The van der Waals surface area contributed by atoms with E-state index in [4.69, 9.17) is 56.2 Å². The van der Waals surface area contributed by atoms with Crippen LogP contribution >= 0.6 is 70.9 Å². The molecular formula is C100H146BBr4O19P. The predicted molar refractivity (Wildman–Crippen MR) is 537 cm³/mol. The lowest BCUT2D eigenvalue weighted by molar-refractivity contribution is -0.242. The Morgan fingerprint density at radius 1 is 0.360 bits per heavy atom. The van der Waals surface area contributed by atoms with Crippen molar-refractivity contribution in [2.24, 2.45) is 5.41 Å². The Labute approximate surface area is 783 Å². The largest absolute Gasteiger partial charge is 0.481 e. The molecule has 0 saturated carbocycles. The van der Waals surface area contributed by atoms with Gasteiger partial charge in [0.05, 0.1) is 46.2 Å². The van der Waals surface area contributed by atoms with Crippen LogP contribution in [0.5, 0.6) is 0 Å². The molecule has 1 aliphatic heterocycles. The fraction of sp³-hybridized carbons (Fsp3) is 0.370. The first-order chi connectivity index (χ1) is 60.4. The molecule has 11 rings (SSSR count). The zero-order chi connectivity index (χ0) is 95.7. The maximum atomic E-state index is 11.4. The number of carbonyl (C=O) groups is 3. The fourth-order valence-electron chi connectivity index (χ4n) is 9.03. The van der Waals surface area contributed by atoms with E-state index < -0.39 is 32.2 Å². The van der Waals surface area contributed by atoms with E-state index in [-0.39, 0.29) is 31.3 Å². The number of aryl methyl sites for hydroxylation is 9. The second kappa shape index (κ2) is 100. The van der Waals surface area contributed by atoms with Gasteiger partial charge in [0.15, 0.2) is 0 Å². The minimum atomic E-state index is -2.02. The van der Waals surface area contributed by atoms with Crippen molar-refractivity contribution in [1.29, 1.82) is 0 Å². The van der Waals surface area contributed by atoms with E-state index >= 15 is 0 Å². The smallest absolute Gasteiger partial charge is 0.448 e. The molecule has 0 aromatic heterocycles. The summed E-state index contributed by atoms with van der Waals surface area (Å²) in [6, 6.07) is 97.6. The second-order valence-corrected chi connectivity index (χ2v) is 30.2. The molecule has 1 aliphatic rings. The number of carboxylic acids is 3. The van der Waals surface area contributed by atoms with E-state index in [1.807, 2.05) is 290 Å². The van der Waals surface area contributed by atoms with Gasteiger partial charge in [-0.05, 0) is 173 Å². The first-order valence-corrected chi connectivity index (χ1v) is 49.5. The second-order valence-electron chi connectivity index (χ2n) is 26.1. The lowest BCUT2D eigenvalue weighted by Gasteiger charge is -2.35. The van der Waals surface area contributed by atoms with Gasteiger partial charge < -0.3 is 39.8 Å².